The Balaban J connectivity index is 1.73. The van der Waals surface area contributed by atoms with Gasteiger partial charge in [-0.15, -0.1) is 0 Å². The Labute approximate surface area is 97.5 Å². The molecule has 0 aromatic carbocycles. The number of carbonyl (C=O) groups is 2. The molecule has 0 unspecified atom stereocenters. The summed E-state index contributed by atoms with van der Waals surface area (Å²) in [6.45, 7) is 0. The third-order valence-corrected chi connectivity index (χ3v) is 4.39. The van der Waals surface area contributed by atoms with E-state index in [2.05, 4.69) is 21.1 Å². The molecule has 2 heterocycles. The SMILES string of the molecule is O=C1NN=C2C[C@@H]3C[C@H](CC4=NNC(=O)[C@@H]43)[C@H]12. The average Bonchev–Trinajstić information content (AvgIpc) is 2.84. The van der Waals surface area contributed by atoms with E-state index in [9.17, 15) is 9.59 Å². The quantitative estimate of drug-likeness (QED) is 0.596. The summed E-state index contributed by atoms with van der Waals surface area (Å²) in [7, 11) is 0. The van der Waals surface area contributed by atoms with Gasteiger partial charge in [-0.3, -0.25) is 9.59 Å². The number of hydrogen-bond donors (Lipinski definition) is 2. The summed E-state index contributed by atoms with van der Waals surface area (Å²) in [6, 6.07) is 0. The number of rotatable bonds is 0. The number of amides is 2. The van der Waals surface area contributed by atoms with Gasteiger partial charge < -0.3 is 0 Å². The molecular formula is C11H12N4O2. The van der Waals surface area contributed by atoms with E-state index in [1.165, 1.54) is 0 Å². The minimum atomic E-state index is -0.0781. The van der Waals surface area contributed by atoms with E-state index in [1.807, 2.05) is 0 Å². The Hall–Kier alpha value is -1.72. The highest BCUT2D eigenvalue weighted by Gasteiger charge is 2.52. The third-order valence-electron chi connectivity index (χ3n) is 4.39. The van der Waals surface area contributed by atoms with Crippen molar-refractivity contribution in [3.8, 4) is 0 Å². The number of fused-ring (bicyclic) bond motifs is 6. The smallest absolute Gasteiger partial charge is 0.249 e. The predicted molar refractivity (Wildman–Crippen MR) is 59.0 cm³/mol. The number of nitrogens with one attached hydrogen (secondary N) is 2. The molecule has 4 rings (SSSR count). The van der Waals surface area contributed by atoms with Crippen LogP contribution in [0.2, 0.25) is 0 Å². The number of hydrogen-bond acceptors (Lipinski definition) is 4. The van der Waals surface area contributed by atoms with Crippen molar-refractivity contribution in [2.75, 3.05) is 0 Å². The molecule has 0 saturated heterocycles. The van der Waals surface area contributed by atoms with Crippen molar-refractivity contribution < 1.29 is 9.59 Å². The second kappa shape index (κ2) is 2.94. The molecule has 2 amide bonds. The summed E-state index contributed by atoms with van der Waals surface area (Å²) < 4.78 is 0. The third kappa shape index (κ3) is 1.10. The molecule has 0 aromatic rings. The lowest BCUT2D eigenvalue weighted by Crippen LogP contribution is -2.47. The monoisotopic (exact) mass is 232 g/mol. The van der Waals surface area contributed by atoms with Crippen molar-refractivity contribution in [1.82, 2.24) is 10.9 Å². The molecule has 88 valence electrons. The van der Waals surface area contributed by atoms with Gasteiger partial charge in [-0.2, -0.15) is 10.2 Å². The normalized spacial score (nSPS) is 42.1. The molecule has 17 heavy (non-hydrogen) atoms. The maximum atomic E-state index is 11.7. The van der Waals surface area contributed by atoms with Crippen molar-refractivity contribution in [1.29, 1.82) is 0 Å². The van der Waals surface area contributed by atoms with Gasteiger partial charge >= 0.3 is 0 Å². The van der Waals surface area contributed by atoms with Gasteiger partial charge in [0.15, 0.2) is 0 Å². The lowest BCUT2D eigenvalue weighted by atomic mass is 9.61. The first-order valence-electron chi connectivity index (χ1n) is 5.96. The summed E-state index contributed by atoms with van der Waals surface area (Å²) in [4.78, 5) is 23.4. The summed E-state index contributed by atoms with van der Waals surface area (Å²) in [6.07, 6.45) is 2.43. The van der Waals surface area contributed by atoms with Gasteiger partial charge in [0.2, 0.25) is 11.8 Å². The highest BCUT2D eigenvalue weighted by atomic mass is 16.2. The Morgan fingerprint density at radius 3 is 1.82 bits per heavy atom. The highest BCUT2D eigenvalue weighted by molar-refractivity contribution is 6.13. The molecule has 0 spiro atoms. The molecule has 4 atom stereocenters. The largest absolute Gasteiger partial charge is 0.272 e. The van der Waals surface area contributed by atoms with Gasteiger partial charge in [0.1, 0.15) is 0 Å². The second-order valence-corrected chi connectivity index (χ2v) is 5.28. The first-order valence-corrected chi connectivity index (χ1v) is 5.96. The van der Waals surface area contributed by atoms with Crippen LogP contribution < -0.4 is 10.9 Å². The molecular weight excluding hydrogens is 220 g/mol. The van der Waals surface area contributed by atoms with E-state index in [-0.39, 0.29) is 35.5 Å². The molecule has 0 radical (unpaired) electrons. The summed E-state index contributed by atoms with van der Waals surface area (Å²) in [5.41, 5.74) is 7.00. The zero-order valence-electron chi connectivity index (χ0n) is 9.14. The minimum absolute atomic E-state index is 0.0137. The first kappa shape index (κ1) is 9.32. The first-order chi connectivity index (χ1) is 8.24. The van der Waals surface area contributed by atoms with Crippen LogP contribution in [0, 0.1) is 23.7 Å². The minimum Gasteiger partial charge on any atom is -0.272 e. The van der Waals surface area contributed by atoms with Crippen LogP contribution in [-0.2, 0) is 9.59 Å². The van der Waals surface area contributed by atoms with E-state index in [0.717, 1.165) is 30.7 Å². The second-order valence-electron chi connectivity index (χ2n) is 5.28. The molecule has 2 saturated carbocycles. The fourth-order valence-electron chi connectivity index (χ4n) is 3.75. The van der Waals surface area contributed by atoms with Crippen molar-refractivity contribution in [3.05, 3.63) is 0 Å². The summed E-state index contributed by atoms with van der Waals surface area (Å²) in [5.74, 6) is 0.422. The molecule has 4 aliphatic rings. The van der Waals surface area contributed by atoms with Crippen molar-refractivity contribution in [2.45, 2.75) is 19.3 Å². The molecule has 2 N–H and O–H groups in total. The van der Waals surface area contributed by atoms with Gasteiger partial charge in [0, 0.05) is 0 Å². The van der Waals surface area contributed by atoms with Crippen LogP contribution in [0.25, 0.3) is 0 Å². The van der Waals surface area contributed by atoms with E-state index >= 15 is 0 Å². The van der Waals surface area contributed by atoms with Crippen LogP contribution in [-0.4, -0.2) is 23.2 Å². The van der Waals surface area contributed by atoms with Crippen LogP contribution in [0.3, 0.4) is 0 Å². The van der Waals surface area contributed by atoms with Crippen molar-refractivity contribution in [3.63, 3.8) is 0 Å². The van der Waals surface area contributed by atoms with E-state index in [4.69, 9.17) is 0 Å². The topological polar surface area (TPSA) is 82.9 Å². The van der Waals surface area contributed by atoms with Gasteiger partial charge in [-0.1, -0.05) is 0 Å². The zero-order chi connectivity index (χ0) is 11.6. The fraction of sp³-hybridized carbons (Fsp3) is 0.636. The Bertz CT molecular complexity index is 452. The van der Waals surface area contributed by atoms with Crippen LogP contribution in [0.1, 0.15) is 19.3 Å². The molecule has 2 aliphatic heterocycles. The Morgan fingerprint density at radius 1 is 0.882 bits per heavy atom. The van der Waals surface area contributed by atoms with Crippen LogP contribution >= 0.6 is 0 Å². The Kier molecular flexibility index (Phi) is 1.61. The number of carbonyl (C=O) groups excluding carboxylic acids is 2. The molecule has 6 heteroatoms. The number of hydrazone groups is 2. The maximum Gasteiger partial charge on any atom is 0.249 e. The fourth-order valence-corrected chi connectivity index (χ4v) is 3.75. The predicted octanol–water partition coefficient (Wildman–Crippen LogP) is -0.380. The number of nitrogens with zero attached hydrogens (tertiary/aromatic N) is 2. The van der Waals surface area contributed by atoms with E-state index in [1.54, 1.807) is 0 Å². The summed E-state index contributed by atoms with van der Waals surface area (Å²) in [5, 5.41) is 8.21. The highest BCUT2D eigenvalue weighted by Crippen LogP contribution is 2.45. The molecule has 6 nitrogen and oxygen atoms in total. The van der Waals surface area contributed by atoms with Crippen LogP contribution in [0.4, 0.5) is 0 Å². The molecule has 2 bridgehead atoms. The van der Waals surface area contributed by atoms with Gasteiger partial charge in [0.05, 0.1) is 23.3 Å². The lowest BCUT2D eigenvalue weighted by Gasteiger charge is -2.40. The van der Waals surface area contributed by atoms with E-state index in [0.29, 0.717) is 0 Å². The summed E-state index contributed by atoms with van der Waals surface area (Å²) >= 11 is 0. The molecule has 2 aliphatic carbocycles. The zero-order valence-corrected chi connectivity index (χ0v) is 9.14. The van der Waals surface area contributed by atoms with Gasteiger partial charge in [-0.05, 0) is 31.1 Å². The molecule has 2 fully saturated rings. The lowest BCUT2D eigenvalue weighted by molar-refractivity contribution is -0.124. The molecule has 0 aromatic heterocycles. The maximum absolute atomic E-state index is 11.7. The Morgan fingerprint density at radius 2 is 1.35 bits per heavy atom. The van der Waals surface area contributed by atoms with Gasteiger partial charge in [0.25, 0.3) is 0 Å². The standard InChI is InChI=1S/C11H12N4O2/c16-10-8-4-1-5(3-7(8)13-15-10)9-6(2-4)12-14-11(9)17/h4-5,8-9H,1-3H2,(H,14,17)(H,15,16)/t4-,5+,8+,9-. The van der Waals surface area contributed by atoms with Gasteiger partial charge in [-0.25, -0.2) is 10.9 Å². The van der Waals surface area contributed by atoms with Crippen molar-refractivity contribution >= 4 is 23.2 Å². The van der Waals surface area contributed by atoms with Crippen molar-refractivity contribution in [2.24, 2.45) is 33.9 Å². The van der Waals surface area contributed by atoms with Crippen LogP contribution in [0.15, 0.2) is 10.2 Å². The van der Waals surface area contributed by atoms with Crippen LogP contribution in [0.5, 0.6) is 0 Å². The average molecular weight is 232 g/mol. The van der Waals surface area contributed by atoms with E-state index < -0.39 is 0 Å².